The molecule has 7 heteroatoms. The molecule has 0 aliphatic carbocycles. The Morgan fingerprint density at radius 1 is 0.970 bits per heavy atom. The fraction of sp³-hybridized carbons (Fsp3) is 0.269. The number of hydrogen-bond donors (Lipinski definition) is 1. The highest BCUT2D eigenvalue weighted by Gasteiger charge is 2.12. The Labute approximate surface area is 193 Å². The molecule has 170 valence electrons. The lowest BCUT2D eigenvalue weighted by atomic mass is 10.0. The van der Waals surface area contributed by atoms with E-state index in [1.165, 1.54) is 0 Å². The molecule has 1 aromatic heterocycles. The van der Waals surface area contributed by atoms with E-state index in [0.717, 1.165) is 33.8 Å². The number of carbonyl (C=O) groups excluding carboxylic acids is 1. The Morgan fingerprint density at radius 2 is 1.73 bits per heavy atom. The Morgan fingerprint density at radius 3 is 2.45 bits per heavy atom. The van der Waals surface area contributed by atoms with Crippen LogP contribution in [0.4, 0.5) is 5.69 Å². The molecule has 0 unspecified atom stereocenters. The minimum atomic E-state index is -0.232. The van der Waals surface area contributed by atoms with E-state index in [-0.39, 0.29) is 12.5 Å². The molecule has 1 amide bonds. The Kier molecular flexibility index (Phi) is 6.58. The highest BCUT2D eigenvalue weighted by atomic mass is 16.5. The number of carbonyl (C=O) groups is 1. The zero-order chi connectivity index (χ0) is 23.4. The van der Waals surface area contributed by atoms with Crippen LogP contribution in [0.5, 0.6) is 11.5 Å². The molecule has 0 saturated heterocycles. The van der Waals surface area contributed by atoms with Crippen molar-refractivity contribution in [3.05, 3.63) is 71.8 Å². The van der Waals surface area contributed by atoms with Gasteiger partial charge in [0.1, 0.15) is 22.5 Å². The fourth-order valence-electron chi connectivity index (χ4n) is 3.53. The average molecular weight is 445 g/mol. The first kappa shape index (κ1) is 22.3. The molecular weight excluding hydrogens is 416 g/mol. The van der Waals surface area contributed by atoms with Crippen molar-refractivity contribution in [2.24, 2.45) is 0 Å². The van der Waals surface area contributed by atoms with E-state index in [1.807, 2.05) is 56.3 Å². The van der Waals surface area contributed by atoms with Crippen LogP contribution in [0.3, 0.4) is 0 Å². The topological polar surface area (TPSA) is 78.3 Å². The van der Waals surface area contributed by atoms with Crippen LogP contribution in [-0.2, 0) is 4.79 Å². The van der Waals surface area contributed by atoms with Gasteiger partial charge in [-0.1, -0.05) is 26.0 Å². The minimum absolute atomic E-state index is 0.0694. The van der Waals surface area contributed by atoms with Crippen molar-refractivity contribution in [3.63, 3.8) is 0 Å². The molecule has 0 aliphatic heterocycles. The monoisotopic (exact) mass is 444 g/mol. The third-order valence-electron chi connectivity index (χ3n) is 5.19. The molecule has 0 atom stereocenters. The zero-order valence-electron chi connectivity index (χ0n) is 19.3. The van der Waals surface area contributed by atoms with Crippen LogP contribution >= 0.6 is 0 Å². The Balaban J connectivity index is 1.44. The van der Waals surface area contributed by atoms with Crippen LogP contribution in [0.15, 0.2) is 60.7 Å². The van der Waals surface area contributed by atoms with Gasteiger partial charge < -0.3 is 14.8 Å². The zero-order valence-corrected chi connectivity index (χ0v) is 19.3. The number of amides is 1. The van der Waals surface area contributed by atoms with Crippen LogP contribution in [-0.4, -0.2) is 34.1 Å². The number of nitrogens with one attached hydrogen (secondary N) is 1. The molecule has 3 aromatic carbocycles. The third-order valence-corrected chi connectivity index (χ3v) is 5.19. The summed E-state index contributed by atoms with van der Waals surface area (Å²) in [5.41, 5.74) is 5.07. The maximum absolute atomic E-state index is 12.5. The molecule has 7 nitrogen and oxygen atoms in total. The summed E-state index contributed by atoms with van der Waals surface area (Å²) in [6, 6.07) is 19.1. The summed E-state index contributed by atoms with van der Waals surface area (Å²) in [5, 5.41) is 11.9. The van der Waals surface area contributed by atoms with Gasteiger partial charge in [0.05, 0.1) is 12.3 Å². The number of hydrogen-bond acceptors (Lipinski definition) is 5. The molecule has 0 saturated carbocycles. The molecule has 0 bridgehead atoms. The van der Waals surface area contributed by atoms with Gasteiger partial charge in [-0.2, -0.15) is 4.80 Å². The molecule has 0 radical (unpaired) electrons. The maximum Gasteiger partial charge on any atom is 0.262 e. The van der Waals surface area contributed by atoms with Gasteiger partial charge in [-0.3, -0.25) is 4.79 Å². The number of ether oxygens (including phenoxy) is 2. The first-order valence-electron chi connectivity index (χ1n) is 11.1. The minimum Gasteiger partial charge on any atom is -0.494 e. The number of fused-ring (bicyclic) bond motifs is 1. The van der Waals surface area contributed by atoms with Gasteiger partial charge in [0, 0.05) is 5.69 Å². The molecule has 4 rings (SSSR count). The van der Waals surface area contributed by atoms with Crippen molar-refractivity contribution >= 4 is 22.6 Å². The number of aryl methyl sites for hydroxylation is 1. The second-order valence-corrected chi connectivity index (χ2v) is 8.15. The predicted octanol–water partition coefficient (Wildman–Crippen LogP) is 5.27. The van der Waals surface area contributed by atoms with Gasteiger partial charge in [0.15, 0.2) is 6.61 Å². The highest BCUT2D eigenvalue weighted by molar-refractivity contribution is 5.93. The Hall–Kier alpha value is -3.87. The lowest BCUT2D eigenvalue weighted by Crippen LogP contribution is -2.20. The van der Waals surface area contributed by atoms with E-state index >= 15 is 0 Å². The van der Waals surface area contributed by atoms with Crippen molar-refractivity contribution < 1.29 is 14.3 Å². The largest absolute Gasteiger partial charge is 0.494 e. The molecule has 0 spiro atoms. The van der Waals surface area contributed by atoms with E-state index in [9.17, 15) is 4.79 Å². The smallest absolute Gasteiger partial charge is 0.262 e. The van der Waals surface area contributed by atoms with Crippen LogP contribution in [0, 0.1) is 6.92 Å². The van der Waals surface area contributed by atoms with Crippen LogP contribution < -0.4 is 14.8 Å². The predicted molar refractivity (Wildman–Crippen MR) is 129 cm³/mol. The normalized spacial score (nSPS) is 11.1. The van der Waals surface area contributed by atoms with Crippen LogP contribution in [0.2, 0.25) is 0 Å². The summed E-state index contributed by atoms with van der Waals surface area (Å²) >= 11 is 0. The van der Waals surface area contributed by atoms with Gasteiger partial charge in [0.25, 0.3) is 5.91 Å². The quantitative estimate of drug-likeness (QED) is 0.401. The molecule has 4 aromatic rings. The molecule has 1 N–H and O–H groups in total. The number of anilines is 1. The molecule has 1 heterocycles. The summed E-state index contributed by atoms with van der Waals surface area (Å²) in [4.78, 5) is 14.1. The van der Waals surface area contributed by atoms with Gasteiger partial charge in [-0.05, 0) is 79.4 Å². The van der Waals surface area contributed by atoms with Crippen molar-refractivity contribution in [2.75, 3.05) is 18.5 Å². The summed E-state index contributed by atoms with van der Waals surface area (Å²) in [5.74, 6) is 1.62. The number of nitrogens with zero attached hydrogens (tertiary/aromatic N) is 3. The summed E-state index contributed by atoms with van der Waals surface area (Å²) in [6.07, 6.45) is 0. The van der Waals surface area contributed by atoms with Gasteiger partial charge in [-0.25, -0.2) is 0 Å². The standard InChI is InChI=1S/C26H28N4O3/c1-5-32-21-10-8-20(9-11-21)30-28-23-13-7-19(15-24(23)29-30)27-26(31)16-33-25-14-18(4)6-12-22(25)17(2)3/h6-15,17H,5,16H2,1-4H3,(H,27,31). The number of aromatic nitrogens is 3. The van der Waals surface area contributed by atoms with Gasteiger partial charge in [-0.15, -0.1) is 10.2 Å². The van der Waals surface area contributed by atoms with E-state index in [0.29, 0.717) is 23.7 Å². The SMILES string of the molecule is CCOc1ccc(-n2nc3ccc(NC(=O)COc4cc(C)ccc4C(C)C)cc3n2)cc1. The van der Waals surface area contributed by atoms with Crippen molar-refractivity contribution in [1.29, 1.82) is 0 Å². The lowest BCUT2D eigenvalue weighted by Gasteiger charge is -2.14. The first-order chi connectivity index (χ1) is 15.9. The molecular formula is C26H28N4O3. The molecule has 0 fully saturated rings. The Bertz CT molecular complexity index is 1260. The number of benzene rings is 3. The summed E-state index contributed by atoms with van der Waals surface area (Å²) in [7, 11) is 0. The summed E-state index contributed by atoms with van der Waals surface area (Å²) in [6.45, 7) is 8.71. The van der Waals surface area contributed by atoms with E-state index < -0.39 is 0 Å². The first-order valence-corrected chi connectivity index (χ1v) is 11.1. The second kappa shape index (κ2) is 9.73. The molecule has 0 aliphatic rings. The highest BCUT2D eigenvalue weighted by Crippen LogP contribution is 2.27. The van der Waals surface area contributed by atoms with E-state index in [4.69, 9.17) is 9.47 Å². The molecule has 33 heavy (non-hydrogen) atoms. The summed E-state index contributed by atoms with van der Waals surface area (Å²) < 4.78 is 11.3. The van der Waals surface area contributed by atoms with Gasteiger partial charge >= 0.3 is 0 Å². The van der Waals surface area contributed by atoms with E-state index in [1.54, 1.807) is 10.9 Å². The van der Waals surface area contributed by atoms with Crippen molar-refractivity contribution in [2.45, 2.75) is 33.6 Å². The fourth-order valence-corrected chi connectivity index (χ4v) is 3.53. The number of rotatable bonds is 8. The average Bonchev–Trinajstić information content (AvgIpc) is 3.22. The maximum atomic E-state index is 12.5. The van der Waals surface area contributed by atoms with Crippen LogP contribution in [0.1, 0.15) is 37.8 Å². The van der Waals surface area contributed by atoms with Crippen molar-refractivity contribution in [1.82, 2.24) is 15.0 Å². The third kappa shape index (κ3) is 5.31. The van der Waals surface area contributed by atoms with Crippen LogP contribution in [0.25, 0.3) is 16.7 Å². The van der Waals surface area contributed by atoms with Gasteiger partial charge in [0.2, 0.25) is 0 Å². The second-order valence-electron chi connectivity index (χ2n) is 8.15. The lowest BCUT2D eigenvalue weighted by molar-refractivity contribution is -0.118. The van der Waals surface area contributed by atoms with Crippen molar-refractivity contribution in [3.8, 4) is 17.2 Å². The van der Waals surface area contributed by atoms with E-state index in [2.05, 4.69) is 41.5 Å².